The lowest BCUT2D eigenvalue weighted by Gasteiger charge is -2.06. The Labute approximate surface area is 132 Å². The fraction of sp³-hybridized carbons (Fsp3) is 0.0667. The number of oxazole rings is 1. The molecule has 0 saturated carbocycles. The van der Waals surface area contributed by atoms with E-state index >= 15 is 0 Å². The van der Waals surface area contributed by atoms with Gasteiger partial charge in [-0.3, -0.25) is 4.79 Å². The van der Waals surface area contributed by atoms with Crippen LogP contribution in [0.1, 0.15) is 5.56 Å². The summed E-state index contributed by atoms with van der Waals surface area (Å²) in [5.74, 6) is 0.265. The predicted octanol–water partition coefficient (Wildman–Crippen LogP) is 3.50. The minimum Gasteiger partial charge on any atom is -0.425 e. The molecule has 2 aromatic heterocycles. The summed E-state index contributed by atoms with van der Waals surface area (Å²) >= 11 is 0. The minimum absolute atomic E-state index is 0.0555. The van der Waals surface area contributed by atoms with Crippen LogP contribution in [0, 0.1) is 0 Å². The fourth-order valence-electron chi connectivity index (χ4n) is 1.96. The first kappa shape index (κ1) is 15.7. The average Bonchev–Trinajstić information content (AvgIpc) is 2.99. The summed E-state index contributed by atoms with van der Waals surface area (Å²) in [5, 5.41) is 11.8. The molecule has 0 bridgehead atoms. The van der Waals surface area contributed by atoms with Crippen LogP contribution in [0.4, 0.5) is 24.9 Å². The van der Waals surface area contributed by atoms with E-state index in [-0.39, 0.29) is 11.8 Å². The standard InChI is InChI=1S/C15H10F3N3O3/c16-15(17,18)10-3-1-9(2-4-10)12-8-19-14(24-12)20-11-5-6-21(23)13(22)7-11/h1-8,23H,(H,19,20). The molecule has 124 valence electrons. The molecule has 24 heavy (non-hydrogen) atoms. The molecular weight excluding hydrogens is 327 g/mol. The van der Waals surface area contributed by atoms with Gasteiger partial charge in [0.2, 0.25) is 0 Å². The van der Waals surface area contributed by atoms with E-state index in [1.54, 1.807) is 0 Å². The average molecular weight is 337 g/mol. The highest BCUT2D eigenvalue weighted by atomic mass is 19.4. The highest BCUT2D eigenvalue weighted by Gasteiger charge is 2.30. The lowest BCUT2D eigenvalue weighted by molar-refractivity contribution is -0.137. The molecule has 3 rings (SSSR count). The molecule has 3 aromatic rings. The number of aromatic nitrogens is 2. The van der Waals surface area contributed by atoms with Crippen molar-refractivity contribution in [1.82, 2.24) is 9.71 Å². The first-order chi connectivity index (χ1) is 11.3. The second-order valence-electron chi connectivity index (χ2n) is 4.83. The Balaban J connectivity index is 1.80. The van der Waals surface area contributed by atoms with E-state index in [0.29, 0.717) is 16.0 Å². The number of hydrogen-bond acceptors (Lipinski definition) is 5. The number of rotatable bonds is 3. The Morgan fingerprint density at radius 3 is 2.50 bits per heavy atom. The molecule has 0 aliphatic carbocycles. The Kier molecular flexibility index (Phi) is 3.76. The lowest BCUT2D eigenvalue weighted by atomic mass is 10.1. The summed E-state index contributed by atoms with van der Waals surface area (Å²) in [4.78, 5) is 15.2. The fourth-order valence-corrected chi connectivity index (χ4v) is 1.96. The van der Waals surface area contributed by atoms with Crippen molar-refractivity contribution in [1.29, 1.82) is 0 Å². The zero-order valence-electron chi connectivity index (χ0n) is 11.9. The van der Waals surface area contributed by atoms with Crippen LogP contribution in [0.5, 0.6) is 0 Å². The molecule has 0 spiro atoms. The normalized spacial score (nSPS) is 11.5. The van der Waals surface area contributed by atoms with Crippen molar-refractivity contribution in [2.45, 2.75) is 6.18 Å². The molecule has 0 saturated heterocycles. The number of halogens is 3. The molecule has 6 nitrogen and oxygen atoms in total. The molecule has 0 aliphatic heterocycles. The molecular formula is C15H10F3N3O3. The van der Waals surface area contributed by atoms with Gasteiger partial charge >= 0.3 is 6.18 Å². The van der Waals surface area contributed by atoms with E-state index in [0.717, 1.165) is 24.4 Å². The van der Waals surface area contributed by atoms with E-state index in [4.69, 9.17) is 9.62 Å². The maximum Gasteiger partial charge on any atom is 0.416 e. The van der Waals surface area contributed by atoms with Crippen molar-refractivity contribution in [2.24, 2.45) is 0 Å². The zero-order chi connectivity index (χ0) is 17.3. The smallest absolute Gasteiger partial charge is 0.416 e. The molecule has 0 fully saturated rings. The molecule has 9 heteroatoms. The van der Waals surface area contributed by atoms with Gasteiger partial charge in [-0.05, 0) is 18.2 Å². The van der Waals surface area contributed by atoms with Gasteiger partial charge in [0.15, 0.2) is 5.76 Å². The van der Waals surface area contributed by atoms with Gasteiger partial charge in [-0.25, -0.2) is 4.98 Å². The summed E-state index contributed by atoms with van der Waals surface area (Å²) in [6, 6.07) is 7.06. The molecule has 1 aromatic carbocycles. The van der Waals surface area contributed by atoms with Crippen LogP contribution >= 0.6 is 0 Å². The largest absolute Gasteiger partial charge is 0.425 e. The third-order valence-electron chi connectivity index (χ3n) is 3.15. The predicted molar refractivity (Wildman–Crippen MR) is 78.1 cm³/mol. The first-order valence-electron chi connectivity index (χ1n) is 6.65. The van der Waals surface area contributed by atoms with Gasteiger partial charge in [0.1, 0.15) is 0 Å². The monoisotopic (exact) mass is 337 g/mol. The summed E-state index contributed by atoms with van der Waals surface area (Å²) < 4.78 is 43.4. The second-order valence-corrected chi connectivity index (χ2v) is 4.83. The highest BCUT2D eigenvalue weighted by molar-refractivity contribution is 5.59. The summed E-state index contributed by atoms with van der Waals surface area (Å²) in [5.41, 5.74) is -0.636. The molecule has 0 unspecified atom stereocenters. The Bertz CT molecular complexity index is 914. The van der Waals surface area contributed by atoms with Crippen LogP contribution in [-0.4, -0.2) is 14.9 Å². The SMILES string of the molecule is O=c1cc(Nc2ncc(-c3ccc(C(F)(F)F)cc3)o2)ccn1O. The molecule has 0 aliphatic rings. The number of hydrogen-bond donors (Lipinski definition) is 2. The summed E-state index contributed by atoms with van der Waals surface area (Å²) in [7, 11) is 0. The maximum absolute atomic E-state index is 12.5. The van der Waals surface area contributed by atoms with Gasteiger partial charge in [-0.1, -0.05) is 12.1 Å². The number of benzene rings is 1. The number of nitrogens with zero attached hydrogens (tertiary/aromatic N) is 2. The van der Waals surface area contributed by atoms with E-state index in [9.17, 15) is 18.0 Å². The van der Waals surface area contributed by atoms with Crippen LogP contribution in [-0.2, 0) is 6.18 Å². The number of anilines is 2. The first-order valence-corrected chi connectivity index (χ1v) is 6.65. The van der Waals surface area contributed by atoms with Crippen molar-refractivity contribution < 1.29 is 22.8 Å². The van der Waals surface area contributed by atoms with Gasteiger partial charge in [0.05, 0.1) is 11.8 Å². The van der Waals surface area contributed by atoms with Gasteiger partial charge in [0, 0.05) is 23.5 Å². The maximum atomic E-state index is 12.5. The van der Waals surface area contributed by atoms with Crippen LogP contribution < -0.4 is 10.9 Å². The van der Waals surface area contributed by atoms with Crippen molar-refractivity contribution in [3.05, 3.63) is 64.7 Å². The highest BCUT2D eigenvalue weighted by Crippen LogP contribution is 2.31. The molecule has 2 heterocycles. The van der Waals surface area contributed by atoms with Crippen molar-refractivity contribution in [2.75, 3.05) is 5.32 Å². The minimum atomic E-state index is -4.40. The quantitative estimate of drug-likeness (QED) is 0.715. The number of nitrogens with one attached hydrogen (secondary N) is 1. The third kappa shape index (κ3) is 3.24. The van der Waals surface area contributed by atoms with Gasteiger partial charge in [-0.15, -0.1) is 0 Å². The third-order valence-corrected chi connectivity index (χ3v) is 3.15. The van der Waals surface area contributed by atoms with E-state index in [1.807, 2.05) is 0 Å². The zero-order valence-corrected chi connectivity index (χ0v) is 11.9. The molecule has 0 amide bonds. The van der Waals surface area contributed by atoms with Crippen molar-refractivity contribution in [3.63, 3.8) is 0 Å². The van der Waals surface area contributed by atoms with E-state index in [1.165, 1.54) is 24.4 Å². The Morgan fingerprint density at radius 2 is 1.88 bits per heavy atom. The van der Waals surface area contributed by atoms with Crippen LogP contribution in [0.25, 0.3) is 11.3 Å². The lowest BCUT2D eigenvalue weighted by Crippen LogP contribution is -2.15. The van der Waals surface area contributed by atoms with Crippen molar-refractivity contribution in [3.8, 4) is 11.3 Å². The molecule has 0 atom stereocenters. The number of alkyl halides is 3. The topological polar surface area (TPSA) is 80.3 Å². The number of pyridine rings is 1. The van der Waals surface area contributed by atoms with Gasteiger partial charge in [0.25, 0.3) is 11.6 Å². The van der Waals surface area contributed by atoms with Crippen LogP contribution in [0.3, 0.4) is 0 Å². The van der Waals surface area contributed by atoms with E-state index < -0.39 is 17.3 Å². The molecule has 0 radical (unpaired) electrons. The second kappa shape index (κ2) is 5.76. The van der Waals surface area contributed by atoms with Crippen LogP contribution in [0.15, 0.2) is 58.0 Å². The van der Waals surface area contributed by atoms with Crippen LogP contribution in [0.2, 0.25) is 0 Å². The van der Waals surface area contributed by atoms with E-state index in [2.05, 4.69) is 10.3 Å². The summed E-state index contributed by atoms with van der Waals surface area (Å²) in [6.07, 6.45) is -1.91. The molecule has 2 N–H and O–H groups in total. The van der Waals surface area contributed by atoms with Gasteiger partial charge in [-0.2, -0.15) is 17.9 Å². The van der Waals surface area contributed by atoms with Gasteiger partial charge < -0.3 is 14.9 Å². The van der Waals surface area contributed by atoms with Crippen molar-refractivity contribution >= 4 is 11.7 Å². The Hall–Kier alpha value is -3.23. The summed E-state index contributed by atoms with van der Waals surface area (Å²) in [6.45, 7) is 0. The Morgan fingerprint density at radius 1 is 1.17 bits per heavy atom.